The van der Waals surface area contributed by atoms with Gasteiger partial charge in [0.1, 0.15) is 11.6 Å². The van der Waals surface area contributed by atoms with E-state index in [4.69, 9.17) is 22.1 Å². The molecule has 0 aliphatic heterocycles. The average Bonchev–Trinajstić information content (AvgIpc) is 3.21. The summed E-state index contributed by atoms with van der Waals surface area (Å²) in [4.78, 5) is 13.3. The van der Waals surface area contributed by atoms with Crippen molar-refractivity contribution < 1.29 is 4.74 Å². The molecule has 0 atom stereocenters. The fourth-order valence-corrected chi connectivity index (χ4v) is 3.81. The van der Waals surface area contributed by atoms with Crippen LogP contribution in [-0.4, -0.2) is 60.8 Å². The highest BCUT2D eigenvalue weighted by atomic mass is 35.5. The largest absolute Gasteiger partial charge is 0.494 e. The topological polar surface area (TPSA) is 84.5 Å². The summed E-state index contributed by atoms with van der Waals surface area (Å²) < 4.78 is 7.62. The van der Waals surface area contributed by atoms with Crippen molar-refractivity contribution in [2.24, 2.45) is 0 Å². The predicted molar refractivity (Wildman–Crippen MR) is 136 cm³/mol. The molecule has 4 aromatic rings. The monoisotopic (exact) mass is 465 g/mol. The molecule has 4 rings (SSSR count). The second-order valence-corrected chi connectivity index (χ2v) is 8.52. The maximum atomic E-state index is 6.38. The van der Waals surface area contributed by atoms with Crippen molar-refractivity contribution in [2.75, 3.05) is 57.3 Å². The maximum Gasteiger partial charge on any atom is 0.229 e. The highest BCUT2D eigenvalue weighted by molar-refractivity contribution is 6.31. The third-order valence-corrected chi connectivity index (χ3v) is 5.66. The lowest BCUT2D eigenvalue weighted by molar-refractivity contribution is 0.413. The summed E-state index contributed by atoms with van der Waals surface area (Å²) >= 11 is 6.12. The van der Waals surface area contributed by atoms with E-state index in [1.807, 2.05) is 74.4 Å². The zero-order valence-electron chi connectivity index (χ0n) is 19.2. The van der Waals surface area contributed by atoms with E-state index >= 15 is 0 Å². The highest BCUT2D eigenvalue weighted by Crippen LogP contribution is 2.36. The summed E-state index contributed by atoms with van der Waals surface area (Å²) in [6.07, 6.45) is 3.68. The molecule has 3 N–H and O–H groups in total. The number of hydrogen-bond acceptors (Lipinski definition) is 7. The Morgan fingerprint density at radius 1 is 1.09 bits per heavy atom. The zero-order chi connectivity index (χ0) is 23.5. The molecule has 0 radical (unpaired) electrons. The molecule has 33 heavy (non-hydrogen) atoms. The van der Waals surface area contributed by atoms with Gasteiger partial charge < -0.3 is 30.2 Å². The van der Waals surface area contributed by atoms with E-state index in [0.29, 0.717) is 28.1 Å². The van der Waals surface area contributed by atoms with Crippen LogP contribution in [0, 0.1) is 0 Å². The van der Waals surface area contributed by atoms with Crippen LogP contribution in [0.3, 0.4) is 0 Å². The number of aromatic nitrogens is 3. The predicted octanol–water partition coefficient (Wildman–Crippen LogP) is 4.41. The summed E-state index contributed by atoms with van der Waals surface area (Å²) in [5.74, 6) is 1.83. The van der Waals surface area contributed by atoms with Gasteiger partial charge in [-0.3, -0.25) is 0 Å². The van der Waals surface area contributed by atoms with Crippen molar-refractivity contribution in [3.8, 4) is 11.6 Å². The third kappa shape index (κ3) is 4.97. The number of methoxy groups -OCH3 is 1. The molecule has 0 saturated carbocycles. The minimum absolute atomic E-state index is 0.440. The first kappa shape index (κ1) is 22.7. The van der Waals surface area contributed by atoms with Crippen LogP contribution >= 0.6 is 11.6 Å². The Morgan fingerprint density at radius 2 is 1.91 bits per heavy atom. The molecule has 0 amide bonds. The lowest BCUT2D eigenvalue weighted by Gasteiger charge is -2.24. The first-order chi connectivity index (χ1) is 15.9. The Morgan fingerprint density at radius 3 is 2.67 bits per heavy atom. The number of benzene rings is 2. The second-order valence-electron chi connectivity index (χ2n) is 8.09. The van der Waals surface area contributed by atoms with E-state index in [1.165, 1.54) is 0 Å². The lowest BCUT2D eigenvalue weighted by Crippen LogP contribution is -2.29. The Labute approximate surface area is 198 Å². The van der Waals surface area contributed by atoms with Gasteiger partial charge in [0.05, 0.1) is 29.7 Å². The first-order valence-electron chi connectivity index (χ1n) is 10.6. The molecule has 0 aliphatic carbocycles. The number of fused-ring (bicyclic) bond motifs is 1. The summed E-state index contributed by atoms with van der Waals surface area (Å²) in [6.45, 7) is 1.76. The van der Waals surface area contributed by atoms with Crippen molar-refractivity contribution in [3.63, 3.8) is 0 Å². The van der Waals surface area contributed by atoms with Crippen LogP contribution in [0.2, 0.25) is 5.02 Å². The first-order valence-corrected chi connectivity index (χ1v) is 10.9. The van der Waals surface area contributed by atoms with E-state index in [2.05, 4.69) is 25.1 Å². The lowest BCUT2D eigenvalue weighted by atomic mass is 10.2. The van der Waals surface area contributed by atoms with Crippen LogP contribution in [0.15, 0.2) is 54.9 Å². The highest BCUT2D eigenvalue weighted by Gasteiger charge is 2.14. The fraction of sp³-hybridized carbons (Fsp3) is 0.250. The number of anilines is 4. The van der Waals surface area contributed by atoms with Crippen molar-refractivity contribution >= 4 is 45.5 Å². The van der Waals surface area contributed by atoms with Crippen LogP contribution in [0.5, 0.6) is 5.75 Å². The molecule has 2 aromatic carbocycles. The smallest absolute Gasteiger partial charge is 0.229 e. The number of likely N-dealkylation sites (N-methyl/N-ethyl adjacent to an activating group) is 2. The fourth-order valence-electron chi connectivity index (χ4n) is 3.63. The minimum Gasteiger partial charge on any atom is -0.494 e. The summed E-state index contributed by atoms with van der Waals surface area (Å²) in [6, 6.07) is 13.4. The van der Waals surface area contributed by atoms with Gasteiger partial charge in [0.15, 0.2) is 0 Å². The standard InChI is InChI=1S/C24H28ClN7O/c1-30(2)11-12-31(3)21-15-22(33-4)19(14-18(21)26)28-24-27-9-7-23(29-24)32-10-8-16-13-17(25)5-6-20(16)32/h5-10,13-15H,11-12,26H2,1-4H3,(H,27,28,29). The van der Waals surface area contributed by atoms with Gasteiger partial charge in [0.25, 0.3) is 0 Å². The Kier molecular flexibility index (Phi) is 6.57. The van der Waals surface area contributed by atoms with E-state index in [9.17, 15) is 0 Å². The van der Waals surface area contributed by atoms with Gasteiger partial charge in [-0.25, -0.2) is 4.98 Å². The molecule has 0 aliphatic rings. The van der Waals surface area contributed by atoms with Crippen molar-refractivity contribution in [1.29, 1.82) is 0 Å². The van der Waals surface area contributed by atoms with Crippen molar-refractivity contribution in [1.82, 2.24) is 19.4 Å². The van der Waals surface area contributed by atoms with E-state index < -0.39 is 0 Å². The molecule has 0 spiro atoms. The van der Waals surface area contributed by atoms with Gasteiger partial charge in [0, 0.05) is 49.0 Å². The maximum absolute atomic E-state index is 6.38. The molecule has 0 fully saturated rings. The molecule has 2 aromatic heterocycles. The molecule has 0 bridgehead atoms. The second kappa shape index (κ2) is 9.56. The molecule has 2 heterocycles. The Balaban J connectivity index is 1.62. The zero-order valence-corrected chi connectivity index (χ0v) is 20.0. The third-order valence-electron chi connectivity index (χ3n) is 5.43. The van der Waals surface area contributed by atoms with Crippen LogP contribution in [0.4, 0.5) is 23.0 Å². The molecule has 8 nitrogen and oxygen atoms in total. The van der Waals surface area contributed by atoms with Gasteiger partial charge in [-0.15, -0.1) is 0 Å². The molecular weight excluding hydrogens is 438 g/mol. The van der Waals surface area contributed by atoms with Crippen molar-refractivity contribution in [2.45, 2.75) is 0 Å². The summed E-state index contributed by atoms with van der Waals surface area (Å²) in [7, 11) is 7.74. The van der Waals surface area contributed by atoms with Crippen LogP contribution in [-0.2, 0) is 0 Å². The quantitative estimate of drug-likeness (QED) is 0.373. The molecule has 0 unspecified atom stereocenters. The average molecular weight is 466 g/mol. The van der Waals surface area contributed by atoms with Gasteiger partial charge in [0.2, 0.25) is 5.95 Å². The number of nitrogen functional groups attached to an aromatic ring is 1. The molecule has 9 heteroatoms. The normalized spacial score (nSPS) is 11.2. The van der Waals surface area contributed by atoms with Crippen LogP contribution < -0.4 is 20.7 Å². The van der Waals surface area contributed by atoms with E-state index in [1.54, 1.807) is 13.3 Å². The summed E-state index contributed by atoms with van der Waals surface area (Å²) in [5, 5.41) is 4.99. The van der Waals surface area contributed by atoms with Gasteiger partial charge in [-0.05, 0) is 50.5 Å². The number of ether oxygens (including phenoxy) is 1. The van der Waals surface area contributed by atoms with E-state index in [-0.39, 0.29) is 0 Å². The number of nitrogens with zero attached hydrogens (tertiary/aromatic N) is 5. The van der Waals surface area contributed by atoms with E-state index in [0.717, 1.165) is 35.5 Å². The number of nitrogens with two attached hydrogens (primary N) is 1. The van der Waals surface area contributed by atoms with Crippen molar-refractivity contribution in [3.05, 3.63) is 59.9 Å². The van der Waals surface area contributed by atoms with Gasteiger partial charge >= 0.3 is 0 Å². The summed E-state index contributed by atoms with van der Waals surface area (Å²) in [5.41, 5.74) is 9.64. The SMILES string of the molecule is COc1cc(N(C)CCN(C)C)c(N)cc1Nc1nccc(-n2ccc3cc(Cl)ccc32)n1. The van der Waals surface area contributed by atoms with Crippen LogP contribution in [0.25, 0.3) is 16.7 Å². The minimum atomic E-state index is 0.440. The van der Waals surface area contributed by atoms with Crippen LogP contribution in [0.1, 0.15) is 0 Å². The molecule has 0 saturated heterocycles. The van der Waals surface area contributed by atoms with Gasteiger partial charge in [-0.2, -0.15) is 4.98 Å². The number of halogens is 1. The number of rotatable bonds is 8. The molecule has 172 valence electrons. The molecular formula is C24H28ClN7O. The number of hydrogen-bond donors (Lipinski definition) is 2. The Bertz CT molecular complexity index is 1270. The Hall–Kier alpha value is -3.49. The number of nitrogens with one attached hydrogen (secondary N) is 1. The van der Waals surface area contributed by atoms with Gasteiger partial charge in [-0.1, -0.05) is 11.6 Å².